The van der Waals surface area contributed by atoms with E-state index < -0.39 is 6.09 Å². The highest BCUT2D eigenvalue weighted by atomic mass is 32.1. The molecule has 16 heavy (non-hydrogen) atoms. The molecule has 0 saturated heterocycles. The lowest BCUT2D eigenvalue weighted by Crippen LogP contribution is -2.35. The normalized spacial score (nSPS) is 10.1. The molecule has 0 N–H and O–H groups in total. The largest absolute Gasteiger partial charge is 0.418 e. The zero-order valence-corrected chi connectivity index (χ0v) is 11.2. The second-order valence-electron chi connectivity index (χ2n) is 3.00. The molecule has 0 unspecified atom stereocenters. The Morgan fingerprint density at radius 1 is 1.06 bits per heavy atom. The Hall–Kier alpha value is -0.880. The van der Waals surface area contributed by atoms with Gasteiger partial charge < -0.3 is 14.5 Å². The summed E-state index contributed by atoms with van der Waals surface area (Å²) in [7, 11) is 0. The summed E-state index contributed by atoms with van der Waals surface area (Å²) in [5.41, 5.74) is 0. The van der Waals surface area contributed by atoms with Gasteiger partial charge in [-0.1, -0.05) is 0 Å². The Kier molecular flexibility index (Phi) is 7.84. The van der Waals surface area contributed by atoms with Crippen molar-refractivity contribution in [2.75, 3.05) is 26.2 Å². The Balaban J connectivity index is 4.08. The van der Waals surface area contributed by atoms with Gasteiger partial charge in [-0.25, -0.2) is 4.79 Å². The maximum atomic E-state index is 11.5. The standard InChI is InChI=1S/C10H20N2O3S/c1-5-11(6-2)9(13)14-10(16)15-12(7-3)8-4/h5-8H2,1-4H3. The van der Waals surface area contributed by atoms with Crippen molar-refractivity contribution in [3.63, 3.8) is 0 Å². The van der Waals surface area contributed by atoms with Crippen molar-refractivity contribution in [3.05, 3.63) is 0 Å². The second kappa shape index (κ2) is 8.29. The third-order valence-corrected chi connectivity index (χ3v) is 2.26. The van der Waals surface area contributed by atoms with Gasteiger partial charge in [-0.05, 0) is 27.7 Å². The van der Waals surface area contributed by atoms with Crippen LogP contribution in [0.1, 0.15) is 27.7 Å². The van der Waals surface area contributed by atoms with Crippen molar-refractivity contribution in [3.8, 4) is 0 Å². The summed E-state index contributed by atoms with van der Waals surface area (Å²) in [5, 5.41) is 1.46. The zero-order chi connectivity index (χ0) is 12.6. The van der Waals surface area contributed by atoms with Gasteiger partial charge in [-0.15, -0.1) is 5.06 Å². The Morgan fingerprint density at radius 2 is 1.56 bits per heavy atom. The van der Waals surface area contributed by atoms with Crippen LogP contribution >= 0.6 is 12.2 Å². The monoisotopic (exact) mass is 248 g/mol. The molecule has 0 heterocycles. The van der Waals surface area contributed by atoms with Crippen LogP contribution in [0.25, 0.3) is 0 Å². The molecule has 0 aliphatic carbocycles. The highest BCUT2D eigenvalue weighted by molar-refractivity contribution is 7.79. The van der Waals surface area contributed by atoms with Crippen LogP contribution in [0.4, 0.5) is 4.79 Å². The van der Waals surface area contributed by atoms with E-state index in [-0.39, 0.29) is 5.24 Å². The third kappa shape index (κ3) is 5.27. The molecule has 0 aromatic rings. The van der Waals surface area contributed by atoms with Crippen molar-refractivity contribution >= 4 is 23.5 Å². The van der Waals surface area contributed by atoms with Crippen LogP contribution in [-0.4, -0.2) is 47.5 Å². The van der Waals surface area contributed by atoms with Crippen LogP contribution in [-0.2, 0) is 9.57 Å². The lowest BCUT2D eigenvalue weighted by atomic mass is 10.6. The van der Waals surface area contributed by atoms with Gasteiger partial charge in [0.25, 0.3) is 0 Å². The predicted octanol–water partition coefficient (Wildman–Crippen LogP) is 2.02. The number of hydrogen-bond acceptors (Lipinski definition) is 5. The van der Waals surface area contributed by atoms with Gasteiger partial charge >= 0.3 is 11.3 Å². The summed E-state index contributed by atoms with van der Waals surface area (Å²) in [6.45, 7) is 10.1. The molecule has 0 aromatic heterocycles. The average molecular weight is 248 g/mol. The van der Waals surface area contributed by atoms with E-state index in [9.17, 15) is 4.79 Å². The number of rotatable bonds is 5. The van der Waals surface area contributed by atoms with Crippen molar-refractivity contribution < 1.29 is 14.4 Å². The average Bonchev–Trinajstić information content (AvgIpc) is 2.27. The minimum absolute atomic E-state index is 0.152. The molecular weight excluding hydrogens is 228 g/mol. The molecule has 0 aromatic carbocycles. The van der Waals surface area contributed by atoms with Gasteiger partial charge in [0.15, 0.2) is 0 Å². The third-order valence-electron chi connectivity index (χ3n) is 2.10. The Bertz CT molecular complexity index is 228. The summed E-state index contributed by atoms with van der Waals surface area (Å²) in [6.07, 6.45) is -0.470. The number of carbonyl (C=O) groups is 1. The molecule has 0 bridgehead atoms. The van der Waals surface area contributed by atoms with Gasteiger partial charge in [0.05, 0.1) is 0 Å². The highest BCUT2D eigenvalue weighted by Gasteiger charge is 2.15. The fourth-order valence-corrected chi connectivity index (χ4v) is 1.27. The SMILES string of the molecule is CCN(CC)OC(=S)OC(=O)N(CC)CC. The molecule has 0 atom stereocenters. The van der Waals surface area contributed by atoms with Crippen LogP contribution in [0.15, 0.2) is 0 Å². The smallest absolute Gasteiger partial charge is 0.366 e. The molecule has 0 spiro atoms. The van der Waals surface area contributed by atoms with Crippen LogP contribution in [0.3, 0.4) is 0 Å². The number of ether oxygens (including phenoxy) is 1. The topological polar surface area (TPSA) is 42.0 Å². The molecule has 0 aliphatic rings. The van der Waals surface area contributed by atoms with Gasteiger partial charge in [-0.2, -0.15) is 0 Å². The van der Waals surface area contributed by atoms with Crippen LogP contribution in [0.5, 0.6) is 0 Å². The number of carbonyl (C=O) groups excluding carboxylic acids is 1. The molecule has 5 nitrogen and oxygen atoms in total. The summed E-state index contributed by atoms with van der Waals surface area (Å²) in [6, 6.07) is 0. The van der Waals surface area contributed by atoms with E-state index in [2.05, 4.69) is 0 Å². The minimum atomic E-state index is -0.470. The summed E-state index contributed by atoms with van der Waals surface area (Å²) in [5.74, 6) is 0. The first-order chi connectivity index (χ1) is 7.58. The molecule has 0 rings (SSSR count). The van der Waals surface area contributed by atoms with Gasteiger partial charge in [-0.3, -0.25) is 0 Å². The minimum Gasteiger partial charge on any atom is -0.366 e. The number of nitrogens with zero attached hydrogens (tertiary/aromatic N) is 2. The zero-order valence-electron chi connectivity index (χ0n) is 10.4. The van der Waals surface area contributed by atoms with Gasteiger partial charge in [0, 0.05) is 38.4 Å². The molecule has 0 fully saturated rings. The molecule has 1 amide bonds. The van der Waals surface area contributed by atoms with E-state index in [4.69, 9.17) is 21.8 Å². The molecule has 0 radical (unpaired) electrons. The lowest BCUT2D eigenvalue weighted by molar-refractivity contribution is -0.0806. The van der Waals surface area contributed by atoms with E-state index >= 15 is 0 Å². The second-order valence-corrected chi connectivity index (χ2v) is 3.33. The molecule has 94 valence electrons. The van der Waals surface area contributed by atoms with Crippen molar-refractivity contribution in [2.45, 2.75) is 27.7 Å². The summed E-state index contributed by atoms with van der Waals surface area (Å²) in [4.78, 5) is 18.2. The maximum absolute atomic E-state index is 11.5. The first kappa shape index (κ1) is 15.1. The summed E-state index contributed by atoms with van der Waals surface area (Å²) < 4.78 is 4.88. The van der Waals surface area contributed by atoms with E-state index in [0.717, 1.165) is 0 Å². The molecule has 0 aliphatic heterocycles. The predicted molar refractivity (Wildman–Crippen MR) is 66.0 cm³/mol. The van der Waals surface area contributed by atoms with Crippen LogP contribution in [0, 0.1) is 0 Å². The van der Waals surface area contributed by atoms with E-state index in [0.29, 0.717) is 26.2 Å². The van der Waals surface area contributed by atoms with Crippen LogP contribution < -0.4 is 0 Å². The molecule has 0 saturated carbocycles. The highest BCUT2D eigenvalue weighted by Crippen LogP contribution is 1.99. The van der Waals surface area contributed by atoms with E-state index in [1.165, 1.54) is 4.90 Å². The van der Waals surface area contributed by atoms with Crippen molar-refractivity contribution in [1.29, 1.82) is 0 Å². The number of hydrogen-bond donors (Lipinski definition) is 0. The molecule has 6 heteroatoms. The first-order valence-electron chi connectivity index (χ1n) is 5.52. The fourth-order valence-electron chi connectivity index (χ4n) is 1.09. The van der Waals surface area contributed by atoms with Gasteiger partial charge in [0.2, 0.25) is 0 Å². The van der Waals surface area contributed by atoms with Gasteiger partial charge in [0.1, 0.15) is 0 Å². The first-order valence-corrected chi connectivity index (χ1v) is 5.93. The van der Waals surface area contributed by atoms with E-state index in [1.54, 1.807) is 5.06 Å². The van der Waals surface area contributed by atoms with Crippen molar-refractivity contribution in [1.82, 2.24) is 9.96 Å². The number of hydroxylamine groups is 2. The fraction of sp³-hybridized carbons (Fsp3) is 0.800. The van der Waals surface area contributed by atoms with Crippen molar-refractivity contribution in [2.24, 2.45) is 0 Å². The number of amides is 1. The summed E-state index contributed by atoms with van der Waals surface area (Å²) >= 11 is 4.82. The molecular formula is C10H20N2O3S. The van der Waals surface area contributed by atoms with E-state index in [1.807, 2.05) is 27.7 Å². The van der Waals surface area contributed by atoms with Crippen LogP contribution in [0.2, 0.25) is 0 Å². The maximum Gasteiger partial charge on any atom is 0.418 e. The Labute approximate surface area is 102 Å². The Morgan fingerprint density at radius 3 is 1.94 bits per heavy atom. The quantitative estimate of drug-likeness (QED) is 0.550. The number of thiocarbonyl (C=S) groups is 1. The lowest BCUT2D eigenvalue weighted by Gasteiger charge is -2.21.